The molecule has 74 heavy (non-hydrogen) atoms. The van der Waals surface area contributed by atoms with Crippen LogP contribution in [0.25, 0.3) is 11.0 Å². The number of benzene rings is 4. The van der Waals surface area contributed by atoms with Gasteiger partial charge in [0.2, 0.25) is 0 Å². The fraction of sp³-hybridized carbons (Fsp3) is 0.439. The van der Waals surface area contributed by atoms with Crippen LogP contribution in [-0.4, -0.2) is 102 Å². The Hall–Kier alpha value is -6.53. The molecule has 0 bridgehead atoms. The van der Waals surface area contributed by atoms with Crippen molar-refractivity contribution in [3.05, 3.63) is 142 Å². The van der Waals surface area contributed by atoms with E-state index in [4.69, 9.17) is 9.47 Å². The summed E-state index contributed by atoms with van der Waals surface area (Å²) in [4.78, 5) is 40.5. The average Bonchev–Trinajstić information content (AvgIpc) is 3.86. The largest absolute Gasteiger partial charge is 0.497 e. The number of aromatic amines is 1. The predicted molar refractivity (Wildman–Crippen MR) is 287 cm³/mol. The first kappa shape index (κ1) is 51.0. The predicted octanol–water partition coefficient (Wildman–Crippen LogP) is 10.2. The number of sulfonamides is 1. The number of anilines is 2. The van der Waals surface area contributed by atoms with Crippen molar-refractivity contribution in [2.75, 3.05) is 56.6 Å². The zero-order valence-corrected chi connectivity index (χ0v) is 43.6. The van der Waals surface area contributed by atoms with Crippen LogP contribution in [0.5, 0.6) is 17.2 Å². The van der Waals surface area contributed by atoms with E-state index in [2.05, 4.69) is 85.0 Å². The van der Waals surface area contributed by atoms with Crippen molar-refractivity contribution in [3.63, 3.8) is 0 Å². The maximum atomic E-state index is 14.1. The number of methoxy groups -OCH3 is 1. The number of hydrogen-bond donors (Lipinski definition) is 4. The average molecular weight is 1030 g/mol. The molecule has 2 aliphatic heterocycles. The first-order chi connectivity index (χ1) is 35.5. The van der Waals surface area contributed by atoms with Crippen LogP contribution in [0.15, 0.2) is 114 Å². The minimum absolute atomic E-state index is 0.0289. The van der Waals surface area contributed by atoms with E-state index in [0.29, 0.717) is 48.8 Å². The van der Waals surface area contributed by atoms with Crippen LogP contribution in [0.1, 0.15) is 111 Å². The number of pyridine rings is 1. The Bertz CT molecular complexity index is 3100. The first-order valence-electron chi connectivity index (χ1n) is 26.1. The van der Waals surface area contributed by atoms with Crippen molar-refractivity contribution >= 4 is 44.0 Å². The summed E-state index contributed by atoms with van der Waals surface area (Å²) < 4.78 is 41.7. The van der Waals surface area contributed by atoms with Gasteiger partial charge in [0.25, 0.3) is 21.6 Å². The molecule has 4 fully saturated rings. The van der Waals surface area contributed by atoms with E-state index in [0.717, 1.165) is 101 Å². The summed E-state index contributed by atoms with van der Waals surface area (Å²) >= 11 is 0. The molecule has 17 heteroatoms. The Morgan fingerprint density at radius 2 is 1.69 bits per heavy atom. The highest BCUT2D eigenvalue weighted by atomic mass is 32.2. The molecule has 6 aromatic rings. The quantitative estimate of drug-likeness (QED) is 0.0529. The highest BCUT2D eigenvalue weighted by Gasteiger charge is 2.50. The van der Waals surface area contributed by atoms with E-state index < -0.39 is 37.0 Å². The van der Waals surface area contributed by atoms with E-state index in [1.165, 1.54) is 28.8 Å². The Morgan fingerprint density at radius 3 is 2.42 bits per heavy atom. The number of amides is 1. The second kappa shape index (κ2) is 21.0. The summed E-state index contributed by atoms with van der Waals surface area (Å²) in [6.07, 6.45) is 10.4. The van der Waals surface area contributed by atoms with Crippen LogP contribution in [0, 0.1) is 21.4 Å². The van der Waals surface area contributed by atoms with Gasteiger partial charge in [-0.25, -0.2) is 18.1 Å². The molecular weight excluding hydrogens is 957 g/mol. The molecule has 2 saturated carbocycles. The van der Waals surface area contributed by atoms with Gasteiger partial charge in [0, 0.05) is 87.3 Å². The van der Waals surface area contributed by atoms with Crippen LogP contribution in [0.4, 0.5) is 17.1 Å². The van der Waals surface area contributed by atoms with Gasteiger partial charge in [-0.3, -0.25) is 24.7 Å². The molecule has 10 rings (SSSR count). The lowest BCUT2D eigenvalue weighted by Crippen LogP contribution is -2.60. The third-order valence-electron chi connectivity index (χ3n) is 16.3. The lowest BCUT2D eigenvalue weighted by molar-refractivity contribution is -0.384. The maximum Gasteiger partial charge on any atom is 0.293 e. The van der Waals surface area contributed by atoms with Gasteiger partial charge in [0.05, 0.1) is 34.3 Å². The standard InChI is InChI=1S/C57H68N8O8S/c1-38(2)47-7-5-6-8-48(47)52-37-62(36-40-9-12-44(72-4)13-10-40)27-28-64(52)43-32-57(33-43)22-25-63(26-23-57)42-11-15-49(53(30-42)73-45-29-41-19-24-58-54(41)60-35-45)55(66)61-74(70,71)46-14-16-50(51(31-46)65(68)69)59-34-39-17-20-56(3,67)21-18-39/h5-16,19,24,29-31,35,38-39,43,52,59,67H,17-18,20-23,25-28,32-34,36-37H2,1-4H3,(H,58,60)(H,61,66)/t39?,52-,56?/m1/s1. The van der Waals surface area contributed by atoms with E-state index in [1.54, 1.807) is 37.7 Å². The molecule has 16 nitrogen and oxygen atoms in total. The summed E-state index contributed by atoms with van der Waals surface area (Å²) in [6.45, 7) is 12.3. The van der Waals surface area contributed by atoms with E-state index in [-0.39, 0.29) is 28.3 Å². The number of nitrogens with zero attached hydrogens (tertiary/aromatic N) is 5. The number of nitrogens with one attached hydrogen (secondary N) is 3. The van der Waals surface area contributed by atoms with Gasteiger partial charge in [0.1, 0.15) is 28.6 Å². The Kier molecular flexibility index (Phi) is 14.5. The highest BCUT2D eigenvalue weighted by molar-refractivity contribution is 7.90. The van der Waals surface area contributed by atoms with Crippen molar-refractivity contribution in [3.8, 4) is 17.2 Å². The summed E-state index contributed by atoms with van der Waals surface area (Å²) in [5.41, 5.74) is 4.87. The Labute approximate surface area is 433 Å². The maximum absolute atomic E-state index is 14.1. The van der Waals surface area contributed by atoms with Crippen LogP contribution >= 0.6 is 0 Å². The smallest absolute Gasteiger partial charge is 0.293 e. The summed E-state index contributed by atoms with van der Waals surface area (Å²) in [6, 6.07) is 30.6. The minimum atomic E-state index is -4.59. The minimum Gasteiger partial charge on any atom is -0.497 e. The SMILES string of the molecule is COc1ccc(CN2CCN(C3CC4(CCN(c5ccc(C(=O)NS(=O)(=O)c6ccc(NCC7CCC(C)(O)CC7)c([N+](=O)[O-])c6)c(Oc6cnc7[nH]ccc7c6)c5)CC4)C3)[C@@H](c3ccccc3C(C)C)C2)cc1. The van der Waals surface area contributed by atoms with Gasteiger partial charge >= 0.3 is 0 Å². The van der Waals surface area contributed by atoms with Crippen LogP contribution in [-0.2, 0) is 16.6 Å². The molecule has 4 aliphatic rings. The summed E-state index contributed by atoms with van der Waals surface area (Å²) in [7, 11) is -2.89. The van der Waals surface area contributed by atoms with Crippen molar-refractivity contribution in [2.45, 2.75) is 107 Å². The number of nitro benzene ring substituents is 1. The van der Waals surface area contributed by atoms with E-state index in [9.17, 15) is 28.4 Å². The van der Waals surface area contributed by atoms with Crippen molar-refractivity contribution in [2.24, 2.45) is 11.3 Å². The molecule has 0 unspecified atom stereocenters. The lowest BCUT2D eigenvalue weighted by atomic mass is 9.59. The monoisotopic (exact) mass is 1020 g/mol. The van der Waals surface area contributed by atoms with Crippen LogP contribution in [0.3, 0.4) is 0 Å². The Morgan fingerprint density at radius 1 is 0.932 bits per heavy atom. The number of aromatic nitrogens is 2. The number of fused-ring (bicyclic) bond motifs is 1. The van der Waals surface area contributed by atoms with Crippen LogP contribution < -0.4 is 24.4 Å². The topological polar surface area (TPSA) is 195 Å². The van der Waals surface area contributed by atoms with E-state index in [1.807, 2.05) is 31.2 Å². The van der Waals surface area contributed by atoms with Gasteiger partial charge in [-0.1, -0.05) is 50.2 Å². The molecule has 1 spiro atoms. The van der Waals surface area contributed by atoms with E-state index >= 15 is 0 Å². The number of rotatable bonds is 16. The number of nitro groups is 1. The van der Waals surface area contributed by atoms with Crippen LogP contribution in [0.2, 0.25) is 0 Å². The number of H-pyrrole nitrogens is 1. The zero-order chi connectivity index (χ0) is 51.8. The molecule has 4 aromatic carbocycles. The normalized spacial score (nSPS) is 21.6. The molecular formula is C57H68N8O8S. The molecule has 390 valence electrons. The number of piperazine rings is 1. The third-order valence-corrected chi connectivity index (χ3v) is 17.7. The number of hydrogen-bond acceptors (Lipinski definition) is 13. The number of carbonyl (C=O) groups is 1. The number of ether oxygens (including phenoxy) is 2. The number of carbonyl (C=O) groups excluding carboxylic acids is 1. The molecule has 0 radical (unpaired) electrons. The third kappa shape index (κ3) is 11.1. The zero-order valence-electron chi connectivity index (χ0n) is 42.8. The first-order valence-corrected chi connectivity index (χ1v) is 27.5. The van der Waals surface area contributed by atoms with Crippen molar-refractivity contribution in [1.29, 1.82) is 0 Å². The van der Waals surface area contributed by atoms with Gasteiger partial charge in [-0.05, 0) is 141 Å². The summed E-state index contributed by atoms with van der Waals surface area (Å²) in [5.74, 6) is 1.04. The highest BCUT2D eigenvalue weighted by Crippen LogP contribution is 2.53. The van der Waals surface area contributed by atoms with Gasteiger partial charge in [-0.2, -0.15) is 0 Å². The fourth-order valence-corrected chi connectivity index (χ4v) is 12.9. The molecule has 2 aliphatic carbocycles. The molecule has 4 N–H and O–H groups in total. The molecule has 2 saturated heterocycles. The van der Waals surface area contributed by atoms with Crippen molar-refractivity contribution in [1.82, 2.24) is 24.5 Å². The molecule has 2 aromatic heterocycles. The lowest BCUT2D eigenvalue weighted by Gasteiger charge is -2.58. The van der Waals surface area contributed by atoms with Gasteiger partial charge < -0.3 is 29.8 Å². The van der Waals surface area contributed by atoms with Crippen molar-refractivity contribution < 1.29 is 32.7 Å². The summed E-state index contributed by atoms with van der Waals surface area (Å²) in [5, 5.41) is 26.5. The molecule has 1 amide bonds. The second-order valence-corrected chi connectivity index (χ2v) is 23.4. The van der Waals surface area contributed by atoms with Gasteiger partial charge in [0.15, 0.2) is 0 Å². The fourth-order valence-electron chi connectivity index (χ4n) is 11.9. The van der Waals surface area contributed by atoms with Gasteiger partial charge in [-0.15, -0.1) is 0 Å². The molecule has 4 heterocycles. The Balaban J connectivity index is 0.830. The number of piperidine rings is 1. The molecule has 1 atom stereocenters. The number of aliphatic hydroxyl groups is 1. The second-order valence-electron chi connectivity index (χ2n) is 21.7.